The van der Waals surface area contributed by atoms with Gasteiger partial charge in [0.05, 0.1) is 5.02 Å². The van der Waals surface area contributed by atoms with Crippen molar-refractivity contribution in [2.45, 2.75) is 0 Å². The molecule has 0 radical (unpaired) electrons. The van der Waals surface area contributed by atoms with E-state index in [1.54, 1.807) is 18.2 Å². The van der Waals surface area contributed by atoms with Gasteiger partial charge in [-0.05, 0) is 18.2 Å². The Balaban J connectivity index is 2.34. The number of halogens is 3. The molecule has 0 saturated carbocycles. The first-order chi connectivity index (χ1) is 8.06. The summed E-state index contributed by atoms with van der Waals surface area (Å²) in [5.41, 5.74) is 5.78. The van der Waals surface area contributed by atoms with Crippen molar-refractivity contribution >= 4 is 28.9 Å². The summed E-state index contributed by atoms with van der Waals surface area (Å²) >= 11 is 11.8. The van der Waals surface area contributed by atoms with Gasteiger partial charge in [0.25, 0.3) is 0 Å². The fraction of sp³-hybridized carbons (Fsp3) is 0. The SMILES string of the molecule is Nc1cc(F)cc(Oc2cccc(Cl)c2Cl)c1. The Bertz CT molecular complexity index is 540. The second kappa shape index (κ2) is 4.82. The molecule has 2 nitrogen and oxygen atoms in total. The number of hydrogen-bond donors (Lipinski definition) is 1. The highest BCUT2D eigenvalue weighted by atomic mass is 35.5. The summed E-state index contributed by atoms with van der Waals surface area (Å²) in [5.74, 6) is 0.147. The van der Waals surface area contributed by atoms with Crippen LogP contribution >= 0.6 is 23.2 Å². The Hall–Kier alpha value is -1.45. The maximum absolute atomic E-state index is 13.1. The summed E-state index contributed by atoms with van der Waals surface area (Å²) < 4.78 is 18.5. The highest BCUT2D eigenvalue weighted by molar-refractivity contribution is 6.42. The van der Waals surface area contributed by atoms with Crippen molar-refractivity contribution in [2.24, 2.45) is 0 Å². The van der Waals surface area contributed by atoms with Crippen molar-refractivity contribution in [1.29, 1.82) is 0 Å². The van der Waals surface area contributed by atoms with Gasteiger partial charge < -0.3 is 10.5 Å². The van der Waals surface area contributed by atoms with Crippen molar-refractivity contribution in [3.05, 3.63) is 52.3 Å². The molecule has 88 valence electrons. The van der Waals surface area contributed by atoms with Gasteiger partial charge in [0, 0.05) is 17.8 Å². The van der Waals surface area contributed by atoms with Crippen molar-refractivity contribution in [1.82, 2.24) is 0 Å². The molecule has 0 heterocycles. The Kier molecular flexibility index (Phi) is 3.41. The normalized spacial score (nSPS) is 10.3. The number of hydrogen-bond acceptors (Lipinski definition) is 2. The summed E-state index contributed by atoms with van der Waals surface area (Å²) in [6.45, 7) is 0. The molecule has 17 heavy (non-hydrogen) atoms. The highest BCUT2D eigenvalue weighted by Gasteiger charge is 2.07. The van der Waals surface area contributed by atoms with Crippen molar-refractivity contribution < 1.29 is 9.13 Å². The Morgan fingerprint density at radius 1 is 1.12 bits per heavy atom. The van der Waals surface area contributed by atoms with Crippen molar-refractivity contribution in [3.8, 4) is 11.5 Å². The maximum Gasteiger partial charge on any atom is 0.147 e. The van der Waals surface area contributed by atoms with Gasteiger partial charge >= 0.3 is 0 Å². The van der Waals surface area contributed by atoms with Crippen LogP contribution in [0.15, 0.2) is 36.4 Å². The number of nitrogens with two attached hydrogens (primary N) is 1. The minimum absolute atomic E-state index is 0.270. The van der Waals surface area contributed by atoms with Crippen LogP contribution in [0.4, 0.5) is 10.1 Å². The van der Waals surface area contributed by atoms with Crippen LogP contribution in [0.3, 0.4) is 0 Å². The minimum atomic E-state index is -0.474. The van der Waals surface area contributed by atoms with Gasteiger partial charge in [-0.15, -0.1) is 0 Å². The van der Waals surface area contributed by atoms with Crippen molar-refractivity contribution in [2.75, 3.05) is 5.73 Å². The van der Waals surface area contributed by atoms with Gasteiger partial charge in [-0.3, -0.25) is 0 Å². The first-order valence-electron chi connectivity index (χ1n) is 4.74. The topological polar surface area (TPSA) is 35.2 Å². The summed E-state index contributed by atoms with van der Waals surface area (Å²) in [4.78, 5) is 0. The van der Waals surface area contributed by atoms with Crippen LogP contribution in [0.25, 0.3) is 0 Å². The largest absolute Gasteiger partial charge is 0.456 e. The van der Waals surface area contributed by atoms with Gasteiger partial charge in [0.15, 0.2) is 0 Å². The van der Waals surface area contributed by atoms with E-state index in [0.717, 1.165) is 0 Å². The van der Waals surface area contributed by atoms with Crippen LogP contribution in [0.2, 0.25) is 10.0 Å². The second-order valence-corrected chi connectivity index (χ2v) is 4.16. The Morgan fingerprint density at radius 2 is 1.88 bits per heavy atom. The lowest BCUT2D eigenvalue weighted by atomic mass is 10.3. The van der Waals surface area contributed by atoms with Crippen molar-refractivity contribution in [3.63, 3.8) is 0 Å². The van der Waals surface area contributed by atoms with Gasteiger partial charge in [0.1, 0.15) is 22.3 Å². The van der Waals surface area contributed by atoms with E-state index in [1.807, 2.05) is 0 Å². The van der Waals surface area contributed by atoms with Crippen LogP contribution in [0.1, 0.15) is 0 Å². The summed E-state index contributed by atoms with van der Waals surface area (Å²) in [5, 5.41) is 0.644. The van der Waals surface area contributed by atoms with E-state index in [2.05, 4.69) is 0 Å². The quantitative estimate of drug-likeness (QED) is 0.816. The molecule has 0 unspecified atom stereocenters. The third kappa shape index (κ3) is 2.81. The predicted molar refractivity (Wildman–Crippen MR) is 67.3 cm³/mol. The molecule has 0 aromatic heterocycles. The molecule has 0 aliphatic rings. The van der Waals surface area contributed by atoms with Gasteiger partial charge in [-0.2, -0.15) is 0 Å². The number of ether oxygens (including phenoxy) is 1. The third-order valence-electron chi connectivity index (χ3n) is 2.04. The summed E-state index contributed by atoms with van der Waals surface area (Å²) in [6, 6.07) is 8.87. The molecule has 0 amide bonds. The molecule has 0 saturated heterocycles. The fourth-order valence-electron chi connectivity index (χ4n) is 1.33. The van der Waals surface area contributed by atoms with Crippen LogP contribution in [-0.2, 0) is 0 Å². The van der Waals surface area contributed by atoms with Crippen LogP contribution in [0.5, 0.6) is 11.5 Å². The summed E-state index contributed by atoms with van der Waals surface area (Å²) in [7, 11) is 0. The maximum atomic E-state index is 13.1. The predicted octanol–water partition coefficient (Wildman–Crippen LogP) is 4.51. The molecule has 0 aliphatic heterocycles. The van der Waals surface area contributed by atoms with E-state index in [1.165, 1.54) is 18.2 Å². The summed E-state index contributed by atoms with van der Waals surface area (Å²) in [6.07, 6.45) is 0. The smallest absolute Gasteiger partial charge is 0.147 e. The van der Waals surface area contributed by atoms with E-state index in [-0.39, 0.29) is 16.5 Å². The third-order valence-corrected chi connectivity index (χ3v) is 2.84. The molecule has 5 heteroatoms. The molecule has 0 aliphatic carbocycles. The molecule has 2 aromatic rings. The molecule has 2 aromatic carbocycles. The number of anilines is 1. The molecule has 0 fully saturated rings. The number of benzene rings is 2. The van der Waals surface area contributed by atoms with Crippen LogP contribution in [-0.4, -0.2) is 0 Å². The average Bonchev–Trinajstić information content (AvgIpc) is 2.23. The van der Waals surface area contributed by atoms with Crippen LogP contribution in [0, 0.1) is 5.82 Å². The molecular formula is C12H8Cl2FNO. The lowest BCUT2D eigenvalue weighted by Gasteiger charge is -2.09. The molecule has 2 rings (SSSR count). The van der Waals surface area contributed by atoms with E-state index in [0.29, 0.717) is 10.8 Å². The molecule has 2 N–H and O–H groups in total. The lowest BCUT2D eigenvalue weighted by molar-refractivity contribution is 0.477. The standard InChI is InChI=1S/C12H8Cl2FNO/c13-10-2-1-3-11(12(10)14)17-9-5-7(15)4-8(16)6-9/h1-6H,16H2. The first kappa shape index (κ1) is 12.0. The van der Waals surface area contributed by atoms with E-state index in [9.17, 15) is 4.39 Å². The Morgan fingerprint density at radius 3 is 2.59 bits per heavy atom. The van der Waals surface area contributed by atoms with Gasteiger partial charge in [0.2, 0.25) is 0 Å². The number of nitrogen functional groups attached to an aromatic ring is 1. The zero-order chi connectivity index (χ0) is 12.4. The molecule has 0 atom stereocenters. The zero-order valence-electron chi connectivity index (χ0n) is 8.58. The zero-order valence-corrected chi connectivity index (χ0v) is 10.1. The monoisotopic (exact) mass is 271 g/mol. The average molecular weight is 272 g/mol. The minimum Gasteiger partial charge on any atom is -0.456 e. The molecule has 0 spiro atoms. The highest BCUT2D eigenvalue weighted by Crippen LogP contribution is 2.35. The van der Waals surface area contributed by atoms with E-state index < -0.39 is 5.82 Å². The van der Waals surface area contributed by atoms with Gasteiger partial charge in [-0.25, -0.2) is 4.39 Å². The molecule has 0 bridgehead atoms. The lowest BCUT2D eigenvalue weighted by Crippen LogP contribution is -1.90. The molecular weight excluding hydrogens is 264 g/mol. The van der Waals surface area contributed by atoms with Crippen LogP contribution < -0.4 is 10.5 Å². The number of rotatable bonds is 2. The fourth-order valence-corrected chi connectivity index (χ4v) is 1.66. The van der Waals surface area contributed by atoms with Gasteiger partial charge in [-0.1, -0.05) is 29.3 Å². The second-order valence-electron chi connectivity index (χ2n) is 3.37. The Labute approximate surface area is 108 Å². The van der Waals surface area contributed by atoms with E-state index >= 15 is 0 Å². The van der Waals surface area contributed by atoms with E-state index in [4.69, 9.17) is 33.7 Å². The first-order valence-corrected chi connectivity index (χ1v) is 5.50.